The van der Waals surface area contributed by atoms with Crippen molar-refractivity contribution in [3.05, 3.63) is 60.0 Å². The summed E-state index contributed by atoms with van der Waals surface area (Å²) in [6.07, 6.45) is 4.98. The van der Waals surface area contributed by atoms with Crippen LogP contribution in [0.3, 0.4) is 0 Å². The number of amides is 1. The van der Waals surface area contributed by atoms with Crippen molar-refractivity contribution in [1.29, 1.82) is 0 Å². The number of nitrogens with zero attached hydrogens (tertiary/aromatic N) is 2. The van der Waals surface area contributed by atoms with Gasteiger partial charge in [0.25, 0.3) is 5.91 Å². The van der Waals surface area contributed by atoms with Crippen LogP contribution in [0.2, 0.25) is 0 Å². The number of aromatic amines is 1. The first-order valence-electron chi connectivity index (χ1n) is 5.93. The Labute approximate surface area is 109 Å². The lowest BCUT2D eigenvalue weighted by Gasteiger charge is -2.05. The Morgan fingerprint density at radius 2 is 2.05 bits per heavy atom. The molecule has 2 aromatic heterocycles. The fraction of sp³-hybridized carbons (Fsp3) is 0.0714. The third kappa shape index (κ3) is 2.44. The first kappa shape index (κ1) is 11.4. The molecular weight excluding hydrogens is 240 g/mol. The van der Waals surface area contributed by atoms with Crippen LogP contribution in [0, 0.1) is 0 Å². The van der Waals surface area contributed by atoms with E-state index in [9.17, 15) is 4.79 Å². The highest BCUT2D eigenvalue weighted by atomic mass is 16.1. The molecule has 5 nitrogen and oxygen atoms in total. The summed E-state index contributed by atoms with van der Waals surface area (Å²) in [6.45, 7) is 0.482. The molecule has 1 amide bonds. The molecule has 1 aromatic carbocycles. The average molecular weight is 252 g/mol. The molecule has 0 saturated heterocycles. The first-order chi connectivity index (χ1) is 9.33. The van der Waals surface area contributed by atoms with E-state index >= 15 is 0 Å². The summed E-state index contributed by atoms with van der Waals surface area (Å²) in [4.78, 5) is 15.8. The number of carbonyl (C=O) groups excluding carboxylic acids is 1. The minimum absolute atomic E-state index is 0.105. The topological polar surface area (TPSA) is 70.7 Å². The third-order valence-electron chi connectivity index (χ3n) is 2.90. The van der Waals surface area contributed by atoms with Crippen LogP contribution in [0.15, 0.2) is 48.9 Å². The van der Waals surface area contributed by atoms with Gasteiger partial charge >= 0.3 is 0 Å². The van der Waals surface area contributed by atoms with E-state index in [-0.39, 0.29) is 5.91 Å². The van der Waals surface area contributed by atoms with Gasteiger partial charge in [0.1, 0.15) is 0 Å². The van der Waals surface area contributed by atoms with E-state index in [0.29, 0.717) is 12.1 Å². The number of nitrogens with one attached hydrogen (secondary N) is 2. The van der Waals surface area contributed by atoms with Crippen LogP contribution < -0.4 is 5.32 Å². The third-order valence-corrected chi connectivity index (χ3v) is 2.90. The molecular formula is C14H12N4O. The summed E-state index contributed by atoms with van der Waals surface area (Å²) >= 11 is 0. The van der Waals surface area contributed by atoms with Gasteiger partial charge in [0.2, 0.25) is 0 Å². The quantitative estimate of drug-likeness (QED) is 0.747. The van der Waals surface area contributed by atoms with Crippen LogP contribution in [-0.2, 0) is 6.54 Å². The molecule has 2 N–H and O–H groups in total. The van der Waals surface area contributed by atoms with E-state index in [4.69, 9.17) is 0 Å². The molecule has 0 atom stereocenters. The van der Waals surface area contributed by atoms with Gasteiger partial charge < -0.3 is 5.32 Å². The van der Waals surface area contributed by atoms with Crippen molar-refractivity contribution in [1.82, 2.24) is 20.5 Å². The van der Waals surface area contributed by atoms with Gasteiger partial charge in [-0.25, -0.2) is 0 Å². The number of fused-ring (bicyclic) bond motifs is 1. The summed E-state index contributed by atoms with van der Waals surface area (Å²) in [5, 5.41) is 10.8. The normalized spacial score (nSPS) is 10.5. The lowest BCUT2D eigenvalue weighted by molar-refractivity contribution is 0.0951. The molecule has 0 bridgehead atoms. The molecule has 0 aliphatic carbocycles. The number of rotatable bonds is 3. The second-order valence-corrected chi connectivity index (χ2v) is 4.21. The fourth-order valence-corrected chi connectivity index (χ4v) is 1.88. The summed E-state index contributed by atoms with van der Waals surface area (Å²) in [7, 11) is 0. The van der Waals surface area contributed by atoms with Crippen molar-refractivity contribution in [2.45, 2.75) is 6.54 Å². The zero-order valence-electron chi connectivity index (χ0n) is 10.1. The summed E-state index contributed by atoms with van der Waals surface area (Å²) in [5.41, 5.74) is 2.60. The molecule has 94 valence electrons. The van der Waals surface area contributed by atoms with Crippen LogP contribution in [0.4, 0.5) is 0 Å². The summed E-state index contributed by atoms with van der Waals surface area (Å²) < 4.78 is 0. The van der Waals surface area contributed by atoms with Crippen molar-refractivity contribution in [2.75, 3.05) is 0 Å². The number of H-pyrrole nitrogens is 1. The van der Waals surface area contributed by atoms with E-state index in [1.807, 2.05) is 18.2 Å². The van der Waals surface area contributed by atoms with E-state index in [2.05, 4.69) is 20.5 Å². The minimum atomic E-state index is -0.105. The van der Waals surface area contributed by atoms with Gasteiger partial charge in [-0.05, 0) is 23.8 Å². The van der Waals surface area contributed by atoms with Crippen LogP contribution in [0.5, 0.6) is 0 Å². The smallest absolute Gasteiger partial charge is 0.251 e. The molecule has 0 radical (unpaired) electrons. The Balaban J connectivity index is 1.70. The lowest BCUT2D eigenvalue weighted by atomic mass is 10.1. The van der Waals surface area contributed by atoms with Crippen LogP contribution >= 0.6 is 0 Å². The number of carbonyl (C=O) groups is 1. The van der Waals surface area contributed by atoms with Crippen molar-refractivity contribution < 1.29 is 4.79 Å². The lowest BCUT2D eigenvalue weighted by Crippen LogP contribution is -2.22. The Morgan fingerprint density at radius 1 is 1.21 bits per heavy atom. The van der Waals surface area contributed by atoms with Gasteiger partial charge in [0.05, 0.1) is 11.7 Å². The SMILES string of the molecule is O=C(NCc1ccc2cn[nH]c2c1)c1ccncc1. The molecule has 0 aliphatic heterocycles. The number of hydrogen-bond acceptors (Lipinski definition) is 3. The monoisotopic (exact) mass is 252 g/mol. The maximum Gasteiger partial charge on any atom is 0.251 e. The van der Waals surface area contributed by atoms with Gasteiger partial charge in [0, 0.05) is 29.9 Å². The molecule has 0 saturated carbocycles. The van der Waals surface area contributed by atoms with Gasteiger partial charge in [-0.3, -0.25) is 14.9 Å². The van der Waals surface area contributed by atoms with Crippen molar-refractivity contribution in [3.63, 3.8) is 0 Å². The highest BCUT2D eigenvalue weighted by Gasteiger charge is 2.04. The first-order valence-corrected chi connectivity index (χ1v) is 5.93. The molecule has 3 rings (SSSR count). The van der Waals surface area contributed by atoms with Crippen molar-refractivity contribution in [3.8, 4) is 0 Å². The zero-order chi connectivity index (χ0) is 13.1. The van der Waals surface area contributed by atoms with Crippen molar-refractivity contribution >= 4 is 16.8 Å². The molecule has 3 aromatic rings. The highest BCUT2D eigenvalue weighted by molar-refractivity contribution is 5.94. The minimum Gasteiger partial charge on any atom is -0.348 e. The van der Waals surface area contributed by atoms with Gasteiger partial charge in [-0.15, -0.1) is 0 Å². The summed E-state index contributed by atoms with van der Waals surface area (Å²) in [5.74, 6) is -0.105. The van der Waals surface area contributed by atoms with Crippen molar-refractivity contribution in [2.24, 2.45) is 0 Å². The predicted octanol–water partition coefficient (Wildman–Crippen LogP) is 1.89. The number of pyridine rings is 1. The molecule has 0 fully saturated rings. The Morgan fingerprint density at radius 3 is 2.89 bits per heavy atom. The summed E-state index contributed by atoms with van der Waals surface area (Å²) in [6, 6.07) is 9.31. The number of aromatic nitrogens is 3. The molecule has 0 spiro atoms. The van der Waals surface area contributed by atoms with E-state index in [0.717, 1.165) is 16.5 Å². The van der Waals surface area contributed by atoms with Gasteiger partial charge in [-0.2, -0.15) is 5.10 Å². The molecule has 0 aliphatic rings. The molecule has 2 heterocycles. The molecule has 0 unspecified atom stereocenters. The fourth-order valence-electron chi connectivity index (χ4n) is 1.88. The van der Waals surface area contributed by atoms with Crippen LogP contribution in [0.25, 0.3) is 10.9 Å². The average Bonchev–Trinajstić information content (AvgIpc) is 2.93. The predicted molar refractivity (Wildman–Crippen MR) is 71.5 cm³/mol. The van der Waals surface area contributed by atoms with E-state index in [1.54, 1.807) is 30.7 Å². The second-order valence-electron chi connectivity index (χ2n) is 4.21. The zero-order valence-corrected chi connectivity index (χ0v) is 10.1. The number of benzene rings is 1. The maximum atomic E-state index is 11.9. The van der Waals surface area contributed by atoms with Crippen LogP contribution in [-0.4, -0.2) is 21.1 Å². The Kier molecular flexibility index (Phi) is 2.94. The maximum absolute atomic E-state index is 11.9. The van der Waals surface area contributed by atoms with E-state index < -0.39 is 0 Å². The molecule has 5 heteroatoms. The Bertz CT molecular complexity index is 706. The van der Waals surface area contributed by atoms with Gasteiger partial charge in [-0.1, -0.05) is 12.1 Å². The van der Waals surface area contributed by atoms with E-state index in [1.165, 1.54) is 0 Å². The number of hydrogen-bond donors (Lipinski definition) is 2. The van der Waals surface area contributed by atoms with Gasteiger partial charge in [0.15, 0.2) is 0 Å². The largest absolute Gasteiger partial charge is 0.348 e. The molecule has 19 heavy (non-hydrogen) atoms. The van der Waals surface area contributed by atoms with Crippen LogP contribution in [0.1, 0.15) is 15.9 Å². The second kappa shape index (κ2) is 4.89. The standard InChI is InChI=1S/C14H12N4O/c19-14(11-3-5-15-6-4-11)16-8-10-1-2-12-9-17-18-13(12)7-10/h1-7,9H,8H2,(H,16,19)(H,17,18). The highest BCUT2D eigenvalue weighted by Crippen LogP contribution is 2.12. The Hall–Kier alpha value is -2.69.